The Labute approximate surface area is 149 Å². The summed E-state index contributed by atoms with van der Waals surface area (Å²) in [4.78, 5) is 23.9. The Bertz CT molecular complexity index is 702. The van der Waals surface area contributed by atoms with Crippen molar-refractivity contribution in [3.63, 3.8) is 0 Å². The molecule has 0 unspecified atom stereocenters. The van der Waals surface area contributed by atoms with Gasteiger partial charge in [-0.2, -0.15) is 0 Å². The first kappa shape index (κ1) is 20.1. The highest BCUT2D eigenvalue weighted by atomic mass is 19.2. The second kappa shape index (κ2) is 7.55. The molecule has 1 aromatic rings. The minimum atomic E-state index is -1.30. The van der Waals surface area contributed by atoms with Gasteiger partial charge in [0.15, 0.2) is 11.6 Å². The summed E-state index contributed by atoms with van der Waals surface area (Å²) in [6.07, 6.45) is -0.426. The van der Waals surface area contributed by atoms with Crippen molar-refractivity contribution >= 4 is 12.1 Å². The number of carbonyl (C=O) groups excluding carboxylic acids is 2. The van der Waals surface area contributed by atoms with Crippen molar-refractivity contribution in [3.8, 4) is 0 Å². The average Bonchev–Trinajstić information content (AvgIpc) is 2.91. The van der Waals surface area contributed by atoms with Crippen LogP contribution >= 0.6 is 0 Å². The van der Waals surface area contributed by atoms with Gasteiger partial charge in [-0.25, -0.2) is 18.0 Å². The molecule has 3 atom stereocenters. The van der Waals surface area contributed by atoms with Crippen molar-refractivity contribution < 1.29 is 32.2 Å². The van der Waals surface area contributed by atoms with E-state index in [1.165, 1.54) is 7.11 Å². The van der Waals surface area contributed by atoms with E-state index in [9.17, 15) is 22.8 Å². The average molecular weight is 373 g/mol. The van der Waals surface area contributed by atoms with E-state index in [-0.39, 0.29) is 18.4 Å². The third-order valence-electron chi connectivity index (χ3n) is 4.24. The second-order valence-corrected chi connectivity index (χ2v) is 7.34. The molecule has 0 heterocycles. The molecule has 144 valence electrons. The predicted molar refractivity (Wildman–Crippen MR) is 87.0 cm³/mol. The number of amides is 1. The number of methoxy groups -OCH3 is 1. The lowest BCUT2D eigenvalue weighted by Gasteiger charge is -2.25. The van der Waals surface area contributed by atoms with Gasteiger partial charge >= 0.3 is 12.1 Å². The summed E-state index contributed by atoms with van der Waals surface area (Å²) in [6.45, 7) is 5.06. The molecule has 5 nitrogen and oxygen atoms in total. The molecule has 1 aliphatic rings. The first-order chi connectivity index (χ1) is 12.0. The standard InChI is InChI=1S/C18H22F3NO4/c1-18(2,3)26-17(24)22-15-6-9(16(23)25-4)5-11(15)10-7-13(20)14(21)8-12(10)19/h7-9,11,15H,5-6H2,1-4H3,(H,22,24)/t9-,11+,15-/m1/s1. The van der Waals surface area contributed by atoms with Crippen LogP contribution in [0.1, 0.15) is 45.1 Å². The zero-order valence-corrected chi connectivity index (χ0v) is 15.1. The van der Waals surface area contributed by atoms with Crippen LogP contribution in [0.15, 0.2) is 12.1 Å². The lowest BCUT2D eigenvalue weighted by molar-refractivity contribution is -0.145. The van der Waals surface area contributed by atoms with Crippen LogP contribution in [-0.2, 0) is 14.3 Å². The van der Waals surface area contributed by atoms with Gasteiger partial charge in [-0.05, 0) is 45.2 Å². The molecular weight excluding hydrogens is 351 g/mol. The smallest absolute Gasteiger partial charge is 0.407 e. The fourth-order valence-corrected chi connectivity index (χ4v) is 3.18. The van der Waals surface area contributed by atoms with Crippen LogP contribution in [0.25, 0.3) is 0 Å². The molecule has 0 bridgehead atoms. The maximum absolute atomic E-state index is 14.2. The van der Waals surface area contributed by atoms with Crippen LogP contribution in [0.3, 0.4) is 0 Å². The summed E-state index contributed by atoms with van der Waals surface area (Å²) in [7, 11) is 1.23. The molecule has 0 aromatic heterocycles. The summed E-state index contributed by atoms with van der Waals surface area (Å²) in [6, 6.07) is 0.535. The molecule has 1 aromatic carbocycles. The van der Waals surface area contributed by atoms with Gasteiger partial charge in [0, 0.05) is 18.0 Å². The molecule has 1 fully saturated rings. The van der Waals surface area contributed by atoms with Gasteiger partial charge in [-0.3, -0.25) is 4.79 Å². The fraction of sp³-hybridized carbons (Fsp3) is 0.556. The molecule has 0 saturated heterocycles. The van der Waals surface area contributed by atoms with Gasteiger partial charge in [0.1, 0.15) is 11.4 Å². The quantitative estimate of drug-likeness (QED) is 0.649. The highest BCUT2D eigenvalue weighted by molar-refractivity contribution is 5.74. The van der Waals surface area contributed by atoms with Crippen LogP contribution in [0.5, 0.6) is 0 Å². The number of esters is 1. The van der Waals surface area contributed by atoms with E-state index in [4.69, 9.17) is 9.47 Å². The number of carbonyl (C=O) groups is 2. The number of alkyl carbamates (subject to hydrolysis) is 1. The Morgan fingerprint density at radius 2 is 1.69 bits per heavy atom. The lowest BCUT2D eigenvalue weighted by Crippen LogP contribution is -2.40. The molecular formula is C18H22F3NO4. The summed E-state index contributed by atoms with van der Waals surface area (Å²) in [5.41, 5.74) is -0.843. The maximum Gasteiger partial charge on any atom is 0.407 e. The van der Waals surface area contributed by atoms with Gasteiger partial charge in [0.25, 0.3) is 0 Å². The second-order valence-electron chi connectivity index (χ2n) is 7.34. The van der Waals surface area contributed by atoms with Crippen molar-refractivity contribution in [1.82, 2.24) is 5.32 Å². The summed E-state index contributed by atoms with van der Waals surface area (Å²) in [5, 5.41) is 2.60. The van der Waals surface area contributed by atoms with E-state index >= 15 is 0 Å². The van der Waals surface area contributed by atoms with Crippen molar-refractivity contribution in [2.75, 3.05) is 7.11 Å². The topological polar surface area (TPSA) is 64.6 Å². The van der Waals surface area contributed by atoms with Gasteiger partial charge < -0.3 is 14.8 Å². The number of rotatable bonds is 3. The Morgan fingerprint density at radius 3 is 2.27 bits per heavy atom. The zero-order valence-electron chi connectivity index (χ0n) is 15.1. The van der Waals surface area contributed by atoms with Gasteiger partial charge in [-0.1, -0.05) is 0 Å². The van der Waals surface area contributed by atoms with E-state index in [2.05, 4.69) is 5.32 Å². The highest BCUT2D eigenvalue weighted by Crippen LogP contribution is 2.40. The Kier molecular flexibility index (Phi) is 5.83. The van der Waals surface area contributed by atoms with Gasteiger partial charge in [-0.15, -0.1) is 0 Å². The molecule has 2 rings (SSSR count). The summed E-state index contributed by atoms with van der Waals surface area (Å²) in [5.74, 6) is -5.26. The molecule has 0 radical (unpaired) electrons. The van der Waals surface area contributed by atoms with Crippen molar-refractivity contribution in [2.24, 2.45) is 5.92 Å². The third kappa shape index (κ3) is 4.68. The molecule has 8 heteroatoms. The van der Waals surface area contributed by atoms with E-state index in [0.717, 1.165) is 6.07 Å². The van der Waals surface area contributed by atoms with Crippen LogP contribution in [0.4, 0.5) is 18.0 Å². The predicted octanol–water partition coefficient (Wildman–Crippen LogP) is 3.66. The Hall–Kier alpha value is -2.25. The molecule has 1 aliphatic carbocycles. The number of benzene rings is 1. The number of hydrogen-bond donors (Lipinski definition) is 1. The van der Waals surface area contributed by atoms with E-state index in [0.29, 0.717) is 6.07 Å². The van der Waals surface area contributed by atoms with Crippen LogP contribution in [0, 0.1) is 23.4 Å². The normalized spacial score (nSPS) is 22.8. The fourth-order valence-electron chi connectivity index (χ4n) is 3.18. The Morgan fingerprint density at radius 1 is 1.08 bits per heavy atom. The Balaban J connectivity index is 2.29. The van der Waals surface area contributed by atoms with Crippen LogP contribution < -0.4 is 5.32 Å². The molecule has 0 spiro atoms. The zero-order chi connectivity index (χ0) is 19.6. The SMILES string of the molecule is COC(=O)[C@H]1C[C@@H](NC(=O)OC(C)(C)C)[C@H](c2cc(F)c(F)cc2F)C1. The number of hydrogen-bond acceptors (Lipinski definition) is 4. The minimum Gasteiger partial charge on any atom is -0.469 e. The maximum atomic E-state index is 14.2. The lowest BCUT2D eigenvalue weighted by atomic mass is 9.93. The van der Waals surface area contributed by atoms with Crippen LogP contribution in [0.2, 0.25) is 0 Å². The first-order valence-corrected chi connectivity index (χ1v) is 8.23. The van der Waals surface area contributed by atoms with E-state index in [1.807, 2.05) is 0 Å². The number of ether oxygens (including phenoxy) is 2. The third-order valence-corrected chi connectivity index (χ3v) is 4.24. The number of halogens is 3. The van der Waals surface area contributed by atoms with E-state index < -0.39 is 53.0 Å². The van der Waals surface area contributed by atoms with Crippen molar-refractivity contribution in [2.45, 2.75) is 51.2 Å². The highest BCUT2D eigenvalue weighted by Gasteiger charge is 2.42. The summed E-state index contributed by atoms with van der Waals surface area (Å²) >= 11 is 0. The minimum absolute atomic E-state index is 0.101. The van der Waals surface area contributed by atoms with Crippen molar-refractivity contribution in [1.29, 1.82) is 0 Å². The number of nitrogens with one attached hydrogen (secondary N) is 1. The monoisotopic (exact) mass is 373 g/mol. The molecule has 1 saturated carbocycles. The molecule has 26 heavy (non-hydrogen) atoms. The van der Waals surface area contributed by atoms with Crippen LogP contribution in [-0.4, -0.2) is 30.8 Å². The molecule has 1 amide bonds. The van der Waals surface area contributed by atoms with E-state index in [1.54, 1.807) is 20.8 Å². The van der Waals surface area contributed by atoms with Gasteiger partial charge in [0.2, 0.25) is 0 Å². The molecule has 1 N–H and O–H groups in total. The van der Waals surface area contributed by atoms with Crippen molar-refractivity contribution in [3.05, 3.63) is 35.1 Å². The molecule has 0 aliphatic heterocycles. The largest absolute Gasteiger partial charge is 0.469 e. The summed E-state index contributed by atoms with van der Waals surface area (Å²) < 4.78 is 50.9. The first-order valence-electron chi connectivity index (χ1n) is 8.23. The van der Waals surface area contributed by atoms with Gasteiger partial charge in [0.05, 0.1) is 13.0 Å².